The smallest absolute Gasteiger partial charge is 0.337 e. The van der Waals surface area contributed by atoms with Crippen LogP contribution >= 0.6 is 0 Å². The van der Waals surface area contributed by atoms with Gasteiger partial charge in [-0.1, -0.05) is 38.1 Å². The number of benzene rings is 2. The number of hydrogen-bond acceptors (Lipinski definition) is 8. The van der Waals surface area contributed by atoms with Gasteiger partial charge in [0.15, 0.2) is 12.1 Å². The molecular weight excluding hydrogens is 478 g/mol. The molecule has 1 heterocycles. The normalized spacial score (nSPS) is 19.5. The van der Waals surface area contributed by atoms with E-state index in [1.807, 2.05) is 38.1 Å². The Morgan fingerprint density at radius 3 is 2.38 bits per heavy atom. The lowest BCUT2D eigenvalue weighted by atomic mass is 9.82. The number of aliphatic hydroxyl groups excluding tert-OH is 1. The number of Topliss-reactive ketones (excluding diaryl/α,β-unsaturated/α-hetero) is 1. The largest absolute Gasteiger partial charge is 0.497 e. The molecule has 0 spiro atoms. The predicted molar refractivity (Wildman–Crippen MR) is 135 cm³/mol. The second kappa shape index (κ2) is 12.8. The van der Waals surface area contributed by atoms with E-state index in [0.717, 1.165) is 11.1 Å². The molecule has 1 aliphatic rings. The Hall–Kier alpha value is -3.27. The van der Waals surface area contributed by atoms with Crippen molar-refractivity contribution in [3.05, 3.63) is 65.2 Å². The number of aliphatic hydroxyl groups is 1. The molecule has 1 aliphatic heterocycles. The highest BCUT2D eigenvalue weighted by Gasteiger charge is 2.42. The predicted octanol–water partition coefficient (Wildman–Crippen LogP) is 3.34. The molecule has 2 aromatic rings. The summed E-state index contributed by atoms with van der Waals surface area (Å²) in [4.78, 5) is 36.8. The van der Waals surface area contributed by atoms with Gasteiger partial charge in [-0.3, -0.25) is 9.59 Å². The zero-order valence-electron chi connectivity index (χ0n) is 21.7. The van der Waals surface area contributed by atoms with Gasteiger partial charge in [0.1, 0.15) is 18.0 Å². The van der Waals surface area contributed by atoms with Crippen molar-refractivity contribution in [3.63, 3.8) is 0 Å². The molecule has 37 heavy (non-hydrogen) atoms. The number of rotatable bonds is 11. The molecular formula is C28H35NO8. The van der Waals surface area contributed by atoms with Gasteiger partial charge in [-0.25, -0.2) is 4.79 Å². The number of amides is 1. The van der Waals surface area contributed by atoms with Gasteiger partial charge in [0.2, 0.25) is 5.91 Å². The Morgan fingerprint density at radius 1 is 1.08 bits per heavy atom. The third-order valence-electron chi connectivity index (χ3n) is 6.30. The third kappa shape index (κ3) is 7.61. The van der Waals surface area contributed by atoms with Crippen LogP contribution in [0.3, 0.4) is 0 Å². The lowest BCUT2D eigenvalue weighted by Gasteiger charge is -2.41. The molecule has 0 radical (unpaired) electrons. The Morgan fingerprint density at radius 2 is 1.76 bits per heavy atom. The summed E-state index contributed by atoms with van der Waals surface area (Å²) in [5.41, 5.74) is 1.46. The van der Waals surface area contributed by atoms with E-state index in [-0.39, 0.29) is 25.2 Å². The van der Waals surface area contributed by atoms with Crippen LogP contribution in [0.4, 0.5) is 0 Å². The maximum absolute atomic E-state index is 13.0. The monoisotopic (exact) mass is 513 g/mol. The van der Waals surface area contributed by atoms with Crippen molar-refractivity contribution >= 4 is 17.7 Å². The number of ether oxygens (including phenoxy) is 4. The van der Waals surface area contributed by atoms with E-state index in [1.54, 1.807) is 31.4 Å². The molecule has 3 atom stereocenters. The Balaban J connectivity index is 1.46. The van der Waals surface area contributed by atoms with Gasteiger partial charge in [-0.15, -0.1) is 0 Å². The summed E-state index contributed by atoms with van der Waals surface area (Å²) in [7, 11) is 2.90. The molecule has 1 fully saturated rings. The fourth-order valence-corrected chi connectivity index (χ4v) is 4.08. The number of nitrogens with one attached hydrogen (secondary N) is 1. The Kier molecular flexibility index (Phi) is 9.79. The van der Waals surface area contributed by atoms with E-state index >= 15 is 0 Å². The molecule has 1 saturated heterocycles. The van der Waals surface area contributed by atoms with E-state index < -0.39 is 35.8 Å². The first-order valence-corrected chi connectivity index (χ1v) is 12.2. The number of hydrogen-bond donors (Lipinski definition) is 2. The van der Waals surface area contributed by atoms with E-state index in [4.69, 9.17) is 14.2 Å². The van der Waals surface area contributed by atoms with Gasteiger partial charge in [0.25, 0.3) is 0 Å². The van der Waals surface area contributed by atoms with Crippen LogP contribution in [0.2, 0.25) is 0 Å². The van der Waals surface area contributed by atoms with E-state index in [2.05, 4.69) is 10.1 Å². The van der Waals surface area contributed by atoms with Gasteiger partial charge < -0.3 is 29.4 Å². The summed E-state index contributed by atoms with van der Waals surface area (Å²) in [6, 6.07) is 13.9. The SMILES string of the molecule is COC(=O)c1ccc(CNC(=O)C(O)CCCC(=O)[C@@H]2OC(c3ccc(OC)cc3)OCC2(C)C)cc1. The maximum atomic E-state index is 13.0. The van der Waals surface area contributed by atoms with Crippen LogP contribution in [0.25, 0.3) is 0 Å². The number of methoxy groups -OCH3 is 2. The molecule has 2 aromatic carbocycles. The van der Waals surface area contributed by atoms with Crippen LogP contribution in [0.5, 0.6) is 5.75 Å². The van der Waals surface area contributed by atoms with Gasteiger partial charge in [-0.2, -0.15) is 0 Å². The summed E-state index contributed by atoms with van der Waals surface area (Å²) >= 11 is 0. The summed E-state index contributed by atoms with van der Waals surface area (Å²) < 4.78 is 21.8. The zero-order chi connectivity index (χ0) is 27.0. The molecule has 0 saturated carbocycles. The average Bonchev–Trinajstić information content (AvgIpc) is 2.91. The van der Waals surface area contributed by atoms with Crippen LogP contribution in [0.1, 0.15) is 60.9 Å². The molecule has 200 valence electrons. The quantitative estimate of drug-likeness (QED) is 0.439. The first-order chi connectivity index (χ1) is 17.6. The molecule has 1 amide bonds. The van der Waals surface area contributed by atoms with Crippen LogP contribution in [0, 0.1) is 5.41 Å². The highest BCUT2D eigenvalue weighted by molar-refractivity contribution is 5.89. The van der Waals surface area contributed by atoms with Crippen molar-refractivity contribution in [2.45, 2.75) is 58.2 Å². The number of carbonyl (C=O) groups is 3. The van der Waals surface area contributed by atoms with Gasteiger partial charge >= 0.3 is 5.97 Å². The number of esters is 1. The van der Waals surface area contributed by atoms with Crippen LogP contribution in [0.15, 0.2) is 48.5 Å². The molecule has 9 heteroatoms. The second-order valence-corrected chi connectivity index (χ2v) is 9.70. The fourth-order valence-electron chi connectivity index (χ4n) is 4.08. The van der Waals surface area contributed by atoms with Crippen molar-refractivity contribution in [2.75, 3.05) is 20.8 Å². The summed E-state index contributed by atoms with van der Waals surface area (Å²) in [5.74, 6) is -0.338. The summed E-state index contributed by atoms with van der Waals surface area (Å²) in [6.45, 7) is 4.39. The number of ketones is 1. The minimum atomic E-state index is -1.24. The summed E-state index contributed by atoms with van der Waals surface area (Å²) in [6.07, 6.45) is -1.92. The maximum Gasteiger partial charge on any atom is 0.337 e. The second-order valence-electron chi connectivity index (χ2n) is 9.70. The molecule has 0 aromatic heterocycles. The van der Waals surface area contributed by atoms with Gasteiger partial charge in [-0.05, 0) is 42.7 Å². The molecule has 0 aliphatic carbocycles. The van der Waals surface area contributed by atoms with Crippen molar-refractivity contribution in [1.29, 1.82) is 0 Å². The zero-order valence-corrected chi connectivity index (χ0v) is 21.7. The van der Waals surface area contributed by atoms with Crippen molar-refractivity contribution in [3.8, 4) is 5.75 Å². The van der Waals surface area contributed by atoms with E-state index in [0.29, 0.717) is 24.3 Å². The van der Waals surface area contributed by atoms with Crippen LogP contribution < -0.4 is 10.1 Å². The third-order valence-corrected chi connectivity index (χ3v) is 6.30. The van der Waals surface area contributed by atoms with Crippen molar-refractivity contribution < 1.29 is 38.4 Å². The Bertz CT molecular complexity index is 1060. The molecule has 2 N–H and O–H groups in total. The van der Waals surface area contributed by atoms with Gasteiger partial charge in [0.05, 0.1) is 26.4 Å². The molecule has 0 bridgehead atoms. The highest BCUT2D eigenvalue weighted by Crippen LogP contribution is 2.37. The average molecular weight is 514 g/mol. The van der Waals surface area contributed by atoms with Gasteiger partial charge in [0, 0.05) is 23.9 Å². The standard InChI is InChI=1S/C28H35NO8/c1-28(2)17-36-27(20-12-14-21(34-3)15-13-20)37-24(28)22(30)6-5-7-23(31)25(32)29-16-18-8-10-19(11-9-18)26(33)35-4/h8-15,23-24,27,31H,5-7,16-17H2,1-4H3,(H,29,32)/t23?,24-,27?/m0/s1. The van der Waals surface area contributed by atoms with Crippen LogP contribution in [-0.4, -0.2) is 55.8 Å². The minimum absolute atomic E-state index is 0.0925. The molecule has 9 nitrogen and oxygen atoms in total. The van der Waals surface area contributed by atoms with Crippen molar-refractivity contribution in [2.24, 2.45) is 5.41 Å². The summed E-state index contributed by atoms with van der Waals surface area (Å²) in [5, 5.41) is 12.9. The topological polar surface area (TPSA) is 120 Å². The van der Waals surface area contributed by atoms with E-state index in [9.17, 15) is 19.5 Å². The first kappa shape index (κ1) is 28.3. The van der Waals surface area contributed by atoms with Crippen molar-refractivity contribution in [1.82, 2.24) is 5.32 Å². The molecule has 2 unspecified atom stereocenters. The lowest BCUT2D eigenvalue weighted by Crippen LogP contribution is -2.47. The Labute approximate surface area is 217 Å². The fraction of sp³-hybridized carbons (Fsp3) is 0.464. The lowest BCUT2D eigenvalue weighted by molar-refractivity contribution is -0.257. The first-order valence-electron chi connectivity index (χ1n) is 12.2. The molecule has 3 rings (SSSR count). The minimum Gasteiger partial charge on any atom is -0.497 e. The number of carbonyl (C=O) groups excluding carboxylic acids is 3. The van der Waals surface area contributed by atoms with E-state index in [1.165, 1.54) is 7.11 Å². The highest BCUT2D eigenvalue weighted by atomic mass is 16.7. The van der Waals surface area contributed by atoms with Crippen LogP contribution in [-0.2, 0) is 30.3 Å².